The van der Waals surface area contributed by atoms with Crippen LogP contribution < -0.4 is 0 Å². The summed E-state index contributed by atoms with van der Waals surface area (Å²) in [6.07, 6.45) is 0. The van der Waals surface area contributed by atoms with Crippen molar-refractivity contribution in [2.24, 2.45) is 5.92 Å². The molecule has 0 aromatic carbocycles. The Kier molecular flexibility index (Phi) is 4.81. The summed E-state index contributed by atoms with van der Waals surface area (Å²) in [6.45, 7) is 5.52. The number of hydrogen-bond acceptors (Lipinski definition) is 7. The minimum Gasteiger partial charge on any atom is -0.404 e. The van der Waals surface area contributed by atoms with Crippen molar-refractivity contribution >= 4 is 5.97 Å². The van der Waals surface area contributed by atoms with E-state index in [9.17, 15) is 15.0 Å². The molecular weight excluding hydrogens is 232 g/mol. The number of esters is 1. The first-order valence-corrected chi connectivity index (χ1v) is 4.89. The third kappa shape index (κ3) is 4.41. The molecule has 0 saturated carbocycles. The molecule has 0 aromatic rings. The number of hydrogen-bond donors (Lipinski definition) is 5. The maximum Gasteiger partial charge on any atom is 0.337 e. The van der Waals surface area contributed by atoms with Crippen LogP contribution in [0.5, 0.6) is 0 Å². The minimum absolute atomic E-state index is 0.143. The first-order chi connectivity index (χ1) is 7.39. The van der Waals surface area contributed by atoms with E-state index in [1.807, 2.05) is 0 Å². The summed E-state index contributed by atoms with van der Waals surface area (Å²) in [5.74, 6) is -9.57. The van der Waals surface area contributed by atoms with Crippen LogP contribution in [0.15, 0.2) is 11.1 Å². The van der Waals surface area contributed by atoms with Gasteiger partial charge in [0.2, 0.25) is 0 Å². The zero-order valence-corrected chi connectivity index (χ0v) is 10.1. The van der Waals surface area contributed by atoms with Crippen LogP contribution in [0.4, 0.5) is 0 Å². The highest BCUT2D eigenvalue weighted by atomic mass is 16.8. The highest BCUT2D eigenvalue weighted by molar-refractivity contribution is 5.88. The van der Waals surface area contributed by atoms with Gasteiger partial charge >= 0.3 is 11.9 Å². The molecule has 17 heavy (non-hydrogen) atoms. The third-order valence-corrected chi connectivity index (χ3v) is 2.44. The second-order valence-electron chi connectivity index (χ2n) is 4.08. The number of carbonyl (C=O) groups excluding carboxylic acids is 1. The summed E-state index contributed by atoms with van der Waals surface area (Å²) in [5, 5.41) is 45.0. The van der Waals surface area contributed by atoms with Gasteiger partial charge in [0.15, 0.2) is 0 Å². The molecule has 0 aromatic heterocycles. The predicted octanol–water partition coefficient (Wildman–Crippen LogP) is -1.21. The van der Waals surface area contributed by atoms with Crippen LogP contribution in [-0.2, 0) is 9.53 Å². The molecule has 0 bridgehead atoms. The van der Waals surface area contributed by atoms with Gasteiger partial charge in [-0.1, -0.05) is 5.57 Å². The number of allylic oxidation sites excluding steroid dienone is 1. The molecule has 7 heteroatoms. The molecule has 1 atom stereocenters. The molecule has 0 aliphatic carbocycles. The second-order valence-corrected chi connectivity index (χ2v) is 4.08. The molecule has 0 spiro atoms. The first-order valence-electron chi connectivity index (χ1n) is 4.89. The van der Waals surface area contributed by atoms with Crippen LogP contribution in [0.3, 0.4) is 0 Å². The zero-order valence-electron chi connectivity index (χ0n) is 10.1. The summed E-state index contributed by atoms with van der Waals surface area (Å²) in [4.78, 5) is 11.4. The van der Waals surface area contributed by atoms with Crippen LogP contribution in [0, 0.1) is 5.92 Å². The van der Waals surface area contributed by atoms with Crippen molar-refractivity contribution in [1.29, 1.82) is 0 Å². The van der Waals surface area contributed by atoms with Crippen molar-refractivity contribution in [2.75, 3.05) is 0 Å². The zero-order chi connectivity index (χ0) is 14.0. The van der Waals surface area contributed by atoms with E-state index in [1.165, 1.54) is 6.92 Å². The highest BCUT2D eigenvalue weighted by Gasteiger charge is 2.48. The number of rotatable bonds is 4. The second kappa shape index (κ2) is 5.11. The molecule has 0 heterocycles. The monoisotopic (exact) mass is 250 g/mol. The van der Waals surface area contributed by atoms with E-state index in [0.717, 1.165) is 6.92 Å². The van der Waals surface area contributed by atoms with Gasteiger partial charge in [-0.3, -0.25) is 0 Å². The number of ether oxygens (including phenoxy) is 1. The molecule has 5 N–H and O–H groups in total. The predicted molar refractivity (Wildman–Crippen MR) is 55.9 cm³/mol. The van der Waals surface area contributed by atoms with E-state index in [1.54, 1.807) is 13.8 Å². The molecule has 0 aliphatic heterocycles. The van der Waals surface area contributed by atoms with Crippen molar-refractivity contribution in [1.82, 2.24) is 0 Å². The lowest BCUT2D eigenvalue weighted by molar-refractivity contribution is -0.434. The lowest BCUT2D eigenvalue weighted by atomic mass is 10.1. The Morgan fingerprint density at radius 2 is 1.47 bits per heavy atom. The minimum atomic E-state index is -3.39. The Labute approximate surface area is 98.6 Å². The average molecular weight is 250 g/mol. The maximum absolute atomic E-state index is 11.4. The Morgan fingerprint density at radius 3 is 1.76 bits per heavy atom. The highest BCUT2D eigenvalue weighted by Crippen LogP contribution is 2.25. The fraction of sp³-hybridized carbons (Fsp3) is 0.700. The summed E-state index contributed by atoms with van der Waals surface area (Å²) in [7, 11) is 0. The molecule has 0 rings (SSSR count). The lowest BCUT2D eigenvalue weighted by Gasteiger charge is -2.32. The molecular formula is C10H18O7. The SMILES string of the molecule is CC(C)=C(C)C(=O)OC(O)(O)C(C)C(O)(O)O. The van der Waals surface area contributed by atoms with Gasteiger partial charge in [-0.05, 0) is 27.7 Å². The van der Waals surface area contributed by atoms with Crippen LogP contribution in [0.2, 0.25) is 0 Å². The lowest BCUT2D eigenvalue weighted by Crippen LogP contribution is -2.53. The molecule has 1 unspecified atom stereocenters. The summed E-state index contributed by atoms with van der Waals surface area (Å²) < 4.78 is 4.28. The van der Waals surface area contributed by atoms with Crippen molar-refractivity contribution < 1.29 is 35.1 Å². The average Bonchev–Trinajstić information content (AvgIpc) is 2.12. The van der Waals surface area contributed by atoms with Gasteiger partial charge in [-0.25, -0.2) is 4.79 Å². The molecule has 0 aliphatic rings. The third-order valence-electron chi connectivity index (χ3n) is 2.44. The van der Waals surface area contributed by atoms with E-state index >= 15 is 0 Å². The van der Waals surface area contributed by atoms with Crippen LogP contribution in [0.25, 0.3) is 0 Å². The normalized spacial score (nSPS) is 14.2. The van der Waals surface area contributed by atoms with E-state index in [4.69, 9.17) is 15.3 Å². The fourth-order valence-electron chi connectivity index (χ4n) is 0.758. The Balaban J connectivity index is 4.90. The fourth-order valence-corrected chi connectivity index (χ4v) is 0.758. The Morgan fingerprint density at radius 1 is 1.06 bits per heavy atom. The first kappa shape index (κ1) is 16.0. The largest absolute Gasteiger partial charge is 0.404 e. The standard InChI is InChI=1S/C10H18O7/c1-5(2)6(3)8(11)17-10(15,16)7(4)9(12,13)14/h7,12-16H,1-4H3. The molecule has 100 valence electrons. The molecule has 7 nitrogen and oxygen atoms in total. The van der Waals surface area contributed by atoms with Crippen molar-refractivity contribution in [3.05, 3.63) is 11.1 Å². The smallest absolute Gasteiger partial charge is 0.337 e. The Bertz CT molecular complexity index is 320. The van der Waals surface area contributed by atoms with Crippen LogP contribution >= 0.6 is 0 Å². The number of aliphatic hydroxyl groups is 5. The molecule has 0 amide bonds. The van der Waals surface area contributed by atoms with Crippen LogP contribution in [0.1, 0.15) is 27.7 Å². The van der Waals surface area contributed by atoms with E-state index < -0.39 is 23.8 Å². The molecule has 0 saturated heterocycles. The van der Waals surface area contributed by atoms with Crippen molar-refractivity contribution in [3.63, 3.8) is 0 Å². The van der Waals surface area contributed by atoms with Crippen LogP contribution in [-0.4, -0.2) is 43.4 Å². The summed E-state index contributed by atoms with van der Waals surface area (Å²) in [6, 6.07) is 0. The van der Waals surface area contributed by atoms with Gasteiger partial charge in [0, 0.05) is 5.57 Å². The van der Waals surface area contributed by atoms with Gasteiger partial charge in [0.1, 0.15) is 5.92 Å². The van der Waals surface area contributed by atoms with Gasteiger partial charge in [0.25, 0.3) is 5.97 Å². The van der Waals surface area contributed by atoms with Gasteiger partial charge in [0.05, 0.1) is 0 Å². The Hall–Kier alpha value is -0.990. The van der Waals surface area contributed by atoms with Crippen molar-refractivity contribution in [2.45, 2.75) is 39.6 Å². The van der Waals surface area contributed by atoms with Gasteiger partial charge in [-0.15, -0.1) is 0 Å². The van der Waals surface area contributed by atoms with E-state index in [-0.39, 0.29) is 5.57 Å². The van der Waals surface area contributed by atoms with Crippen molar-refractivity contribution in [3.8, 4) is 0 Å². The quantitative estimate of drug-likeness (QED) is 0.240. The molecule has 0 fully saturated rings. The van der Waals surface area contributed by atoms with E-state index in [0.29, 0.717) is 5.57 Å². The maximum atomic E-state index is 11.4. The molecule has 0 radical (unpaired) electrons. The summed E-state index contributed by atoms with van der Waals surface area (Å²) in [5.41, 5.74) is 0.741. The summed E-state index contributed by atoms with van der Waals surface area (Å²) >= 11 is 0. The topological polar surface area (TPSA) is 127 Å². The van der Waals surface area contributed by atoms with Gasteiger partial charge in [-0.2, -0.15) is 0 Å². The number of carbonyl (C=O) groups is 1. The van der Waals surface area contributed by atoms with Gasteiger partial charge < -0.3 is 30.3 Å². The van der Waals surface area contributed by atoms with E-state index in [2.05, 4.69) is 4.74 Å².